The fourth-order valence-corrected chi connectivity index (χ4v) is 3.88. The van der Waals surface area contributed by atoms with Gasteiger partial charge in [0.15, 0.2) is 0 Å². The van der Waals surface area contributed by atoms with Gasteiger partial charge in [-0.2, -0.15) is 13.2 Å². The third-order valence-electron chi connectivity index (χ3n) is 4.03. The molecule has 1 aromatic rings. The summed E-state index contributed by atoms with van der Waals surface area (Å²) in [6.45, 7) is 6.05. The minimum absolute atomic E-state index is 0.104. The Morgan fingerprint density at radius 3 is 2.25 bits per heavy atom. The van der Waals surface area contributed by atoms with Gasteiger partial charge >= 0.3 is 6.18 Å². The van der Waals surface area contributed by atoms with E-state index >= 15 is 0 Å². The van der Waals surface area contributed by atoms with Gasteiger partial charge in [-0.3, -0.25) is 0 Å². The summed E-state index contributed by atoms with van der Waals surface area (Å²) in [4.78, 5) is 5.69. The zero-order valence-corrected chi connectivity index (χ0v) is 12.9. The van der Waals surface area contributed by atoms with Crippen molar-refractivity contribution in [2.45, 2.75) is 64.7 Å². The van der Waals surface area contributed by atoms with Crippen LogP contribution in [0.2, 0.25) is 0 Å². The fraction of sp³-hybridized carbons (Fsp3) is 0.786. The quantitative estimate of drug-likeness (QED) is 0.887. The summed E-state index contributed by atoms with van der Waals surface area (Å²) in [6.07, 6.45) is -2.36. The summed E-state index contributed by atoms with van der Waals surface area (Å²) in [5, 5.41) is 4.47. The monoisotopic (exact) mass is 306 g/mol. The molecule has 1 N–H and O–H groups in total. The van der Waals surface area contributed by atoms with Crippen molar-refractivity contribution in [2.24, 2.45) is 5.92 Å². The number of nitrogens with one attached hydrogen (secondary N) is 1. The molecule has 6 heteroatoms. The number of aryl methyl sites for hydroxylation is 2. The molecule has 0 saturated heterocycles. The number of rotatable bonds is 3. The van der Waals surface area contributed by atoms with E-state index in [1.807, 2.05) is 20.8 Å². The SMILES string of the molecule is Cc1nc(C(C)NC2CCC(C(F)(F)F)CC2)c(C)s1. The second kappa shape index (κ2) is 6.02. The van der Waals surface area contributed by atoms with E-state index in [1.54, 1.807) is 11.3 Å². The average molecular weight is 306 g/mol. The largest absolute Gasteiger partial charge is 0.391 e. The Labute approximate surface area is 121 Å². The summed E-state index contributed by atoms with van der Waals surface area (Å²) in [5.41, 5.74) is 1.03. The van der Waals surface area contributed by atoms with Crippen molar-refractivity contribution >= 4 is 11.3 Å². The van der Waals surface area contributed by atoms with E-state index in [9.17, 15) is 13.2 Å². The minimum atomic E-state index is -4.03. The lowest BCUT2D eigenvalue weighted by atomic mass is 9.85. The molecule has 0 aromatic carbocycles. The van der Waals surface area contributed by atoms with Gasteiger partial charge in [0.2, 0.25) is 0 Å². The third kappa shape index (κ3) is 3.73. The molecule has 1 aromatic heterocycles. The molecule has 114 valence electrons. The first-order valence-electron chi connectivity index (χ1n) is 7.04. The van der Waals surface area contributed by atoms with Crippen molar-refractivity contribution in [3.8, 4) is 0 Å². The Balaban J connectivity index is 1.88. The molecule has 0 spiro atoms. The maximum atomic E-state index is 12.6. The molecule has 1 heterocycles. The summed E-state index contributed by atoms with van der Waals surface area (Å²) in [7, 11) is 0. The van der Waals surface area contributed by atoms with Crippen LogP contribution in [0.1, 0.15) is 54.2 Å². The first-order chi connectivity index (χ1) is 9.27. The number of thiazole rings is 1. The van der Waals surface area contributed by atoms with E-state index in [-0.39, 0.29) is 24.9 Å². The molecule has 1 aliphatic carbocycles. The predicted octanol–water partition coefficient (Wildman–Crippen LogP) is 4.53. The first kappa shape index (κ1) is 15.8. The van der Waals surface area contributed by atoms with Crippen molar-refractivity contribution in [3.05, 3.63) is 15.6 Å². The van der Waals surface area contributed by atoms with Crippen LogP contribution < -0.4 is 5.32 Å². The van der Waals surface area contributed by atoms with Gasteiger partial charge in [-0.1, -0.05) is 0 Å². The van der Waals surface area contributed by atoms with Crippen LogP contribution in [0.4, 0.5) is 13.2 Å². The molecule has 2 nitrogen and oxygen atoms in total. The number of aromatic nitrogens is 1. The standard InChI is InChI=1S/C14H21F3N2S/c1-8(13-9(2)20-10(3)19-13)18-12-6-4-11(5-7-12)14(15,16)17/h8,11-12,18H,4-7H2,1-3H3. The average Bonchev–Trinajstić information content (AvgIpc) is 2.68. The molecule has 1 atom stereocenters. The number of alkyl halides is 3. The Morgan fingerprint density at radius 1 is 1.20 bits per heavy atom. The zero-order chi connectivity index (χ0) is 14.9. The van der Waals surface area contributed by atoms with Gasteiger partial charge < -0.3 is 5.32 Å². The number of halogens is 3. The Hall–Kier alpha value is -0.620. The molecule has 0 radical (unpaired) electrons. The normalized spacial score (nSPS) is 25.7. The van der Waals surface area contributed by atoms with E-state index in [2.05, 4.69) is 10.3 Å². The zero-order valence-electron chi connectivity index (χ0n) is 12.0. The van der Waals surface area contributed by atoms with Crippen LogP contribution in [0.15, 0.2) is 0 Å². The van der Waals surface area contributed by atoms with Crippen LogP contribution in [0.25, 0.3) is 0 Å². The second-order valence-electron chi connectivity index (χ2n) is 5.65. The third-order valence-corrected chi connectivity index (χ3v) is 4.93. The number of nitrogens with zero attached hydrogens (tertiary/aromatic N) is 1. The van der Waals surface area contributed by atoms with Crippen LogP contribution in [0, 0.1) is 19.8 Å². The lowest BCUT2D eigenvalue weighted by Gasteiger charge is -2.32. The molecule has 1 fully saturated rings. The van der Waals surface area contributed by atoms with Gasteiger partial charge in [0, 0.05) is 17.0 Å². The van der Waals surface area contributed by atoms with Crippen molar-refractivity contribution in [2.75, 3.05) is 0 Å². The smallest absolute Gasteiger partial charge is 0.306 e. The summed E-state index contributed by atoms with van der Waals surface area (Å²) in [5.74, 6) is -1.11. The van der Waals surface area contributed by atoms with Gasteiger partial charge in [-0.25, -0.2) is 4.98 Å². The topological polar surface area (TPSA) is 24.9 Å². The van der Waals surface area contributed by atoms with Crippen LogP contribution in [0.5, 0.6) is 0 Å². The van der Waals surface area contributed by atoms with Gasteiger partial charge in [-0.15, -0.1) is 11.3 Å². The Kier molecular flexibility index (Phi) is 4.74. The van der Waals surface area contributed by atoms with E-state index < -0.39 is 12.1 Å². The van der Waals surface area contributed by atoms with Crippen LogP contribution in [-0.4, -0.2) is 17.2 Å². The summed E-state index contributed by atoms with van der Waals surface area (Å²) < 4.78 is 37.9. The molecule has 20 heavy (non-hydrogen) atoms. The molecular weight excluding hydrogens is 285 g/mol. The second-order valence-corrected chi connectivity index (χ2v) is 7.06. The lowest BCUT2D eigenvalue weighted by Crippen LogP contribution is -2.38. The highest BCUT2D eigenvalue weighted by Crippen LogP contribution is 2.38. The molecule has 0 amide bonds. The molecule has 0 aliphatic heterocycles. The van der Waals surface area contributed by atoms with Crippen molar-refractivity contribution < 1.29 is 13.2 Å². The fourth-order valence-electron chi connectivity index (χ4n) is 2.97. The predicted molar refractivity (Wildman–Crippen MR) is 74.9 cm³/mol. The van der Waals surface area contributed by atoms with Crippen molar-refractivity contribution in [3.63, 3.8) is 0 Å². The van der Waals surface area contributed by atoms with E-state index in [4.69, 9.17) is 0 Å². The molecule has 2 rings (SSSR count). The van der Waals surface area contributed by atoms with Crippen LogP contribution in [-0.2, 0) is 0 Å². The number of hydrogen-bond acceptors (Lipinski definition) is 3. The number of hydrogen-bond donors (Lipinski definition) is 1. The van der Waals surface area contributed by atoms with Gasteiger partial charge in [0.1, 0.15) is 0 Å². The van der Waals surface area contributed by atoms with E-state index in [0.717, 1.165) is 10.7 Å². The summed E-state index contributed by atoms with van der Waals surface area (Å²) in [6, 6.07) is 0.275. The van der Waals surface area contributed by atoms with Crippen LogP contribution in [0.3, 0.4) is 0 Å². The molecule has 1 aliphatic rings. The highest BCUT2D eigenvalue weighted by Gasteiger charge is 2.41. The Morgan fingerprint density at radius 2 is 1.80 bits per heavy atom. The molecule has 0 bridgehead atoms. The van der Waals surface area contributed by atoms with Gasteiger partial charge in [-0.05, 0) is 46.5 Å². The highest BCUT2D eigenvalue weighted by molar-refractivity contribution is 7.11. The molecular formula is C14H21F3N2S. The Bertz CT molecular complexity index is 448. The van der Waals surface area contributed by atoms with Crippen molar-refractivity contribution in [1.82, 2.24) is 10.3 Å². The lowest BCUT2D eigenvalue weighted by molar-refractivity contribution is -0.182. The maximum absolute atomic E-state index is 12.6. The van der Waals surface area contributed by atoms with Crippen molar-refractivity contribution in [1.29, 1.82) is 0 Å². The van der Waals surface area contributed by atoms with E-state index in [1.165, 1.54) is 4.88 Å². The van der Waals surface area contributed by atoms with E-state index in [0.29, 0.717) is 12.8 Å². The highest BCUT2D eigenvalue weighted by atomic mass is 32.1. The minimum Gasteiger partial charge on any atom is -0.306 e. The molecule has 1 unspecified atom stereocenters. The van der Waals surface area contributed by atoms with Gasteiger partial charge in [0.25, 0.3) is 0 Å². The molecule has 1 saturated carbocycles. The van der Waals surface area contributed by atoms with Gasteiger partial charge in [0.05, 0.1) is 16.6 Å². The van der Waals surface area contributed by atoms with Crippen LogP contribution >= 0.6 is 11.3 Å². The maximum Gasteiger partial charge on any atom is 0.391 e. The summed E-state index contributed by atoms with van der Waals surface area (Å²) >= 11 is 1.66. The first-order valence-corrected chi connectivity index (χ1v) is 7.85.